The Hall–Kier alpha value is -2.22. The summed E-state index contributed by atoms with van der Waals surface area (Å²) < 4.78 is 0. The lowest BCUT2D eigenvalue weighted by atomic mass is 10.1. The van der Waals surface area contributed by atoms with Crippen molar-refractivity contribution in [3.05, 3.63) is 23.8 Å². The fourth-order valence-electron chi connectivity index (χ4n) is 1.74. The Morgan fingerprint density at radius 1 is 1.61 bits per heavy atom. The van der Waals surface area contributed by atoms with Crippen LogP contribution in [0.2, 0.25) is 0 Å². The van der Waals surface area contributed by atoms with Crippen molar-refractivity contribution in [2.75, 3.05) is 31.3 Å². The van der Waals surface area contributed by atoms with E-state index in [0.717, 1.165) is 5.69 Å². The van der Waals surface area contributed by atoms with Gasteiger partial charge in [-0.3, -0.25) is 4.79 Å². The van der Waals surface area contributed by atoms with Crippen molar-refractivity contribution < 1.29 is 4.79 Å². The lowest BCUT2D eigenvalue weighted by Crippen LogP contribution is -2.24. The van der Waals surface area contributed by atoms with Gasteiger partial charge in [-0.15, -0.1) is 0 Å². The molecule has 0 aliphatic rings. The number of nitriles is 1. The summed E-state index contributed by atoms with van der Waals surface area (Å²) in [6, 6.07) is 7.33. The zero-order valence-electron chi connectivity index (χ0n) is 10.9. The minimum absolute atomic E-state index is 0.0759. The van der Waals surface area contributed by atoms with E-state index in [9.17, 15) is 4.79 Å². The lowest BCUT2D eigenvalue weighted by molar-refractivity contribution is 0.0963. The molecular weight excluding hydrogens is 228 g/mol. The standard InChI is InChI=1S/C13H18N4O/c1-9(7-14)8-17(3)12-5-4-10(6-11(12)15)13(18)16-2/h4-6,9H,8,15H2,1-3H3,(H,16,18). The first kappa shape index (κ1) is 13.8. The van der Waals surface area contributed by atoms with Crippen molar-refractivity contribution in [2.45, 2.75) is 6.92 Å². The van der Waals surface area contributed by atoms with Gasteiger partial charge < -0.3 is 16.0 Å². The van der Waals surface area contributed by atoms with Gasteiger partial charge in [0.1, 0.15) is 0 Å². The normalized spacial score (nSPS) is 11.4. The van der Waals surface area contributed by atoms with Crippen LogP contribution in [-0.2, 0) is 0 Å². The fraction of sp³-hybridized carbons (Fsp3) is 0.385. The van der Waals surface area contributed by atoms with Gasteiger partial charge in [0.05, 0.1) is 23.4 Å². The van der Waals surface area contributed by atoms with Gasteiger partial charge in [0.2, 0.25) is 0 Å². The van der Waals surface area contributed by atoms with Gasteiger partial charge >= 0.3 is 0 Å². The first-order chi connectivity index (χ1) is 8.49. The van der Waals surface area contributed by atoms with Crippen LogP contribution in [0, 0.1) is 17.2 Å². The molecule has 0 aliphatic carbocycles. The molecule has 1 amide bonds. The molecule has 0 spiro atoms. The van der Waals surface area contributed by atoms with E-state index in [1.165, 1.54) is 0 Å². The maximum absolute atomic E-state index is 11.4. The maximum atomic E-state index is 11.4. The summed E-state index contributed by atoms with van der Waals surface area (Å²) in [5.41, 5.74) is 7.81. The molecule has 0 saturated carbocycles. The molecule has 1 unspecified atom stereocenters. The van der Waals surface area contributed by atoms with E-state index in [-0.39, 0.29) is 11.8 Å². The first-order valence-corrected chi connectivity index (χ1v) is 5.72. The highest BCUT2D eigenvalue weighted by molar-refractivity contribution is 5.96. The monoisotopic (exact) mass is 246 g/mol. The molecule has 96 valence electrons. The Kier molecular flexibility index (Phi) is 4.55. The van der Waals surface area contributed by atoms with E-state index in [4.69, 9.17) is 11.0 Å². The number of nitrogens with zero attached hydrogens (tertiary/aromatic N) is 2. The SMILES string of the molecule is CNC(=O)c1ccc(N(C)CC(C)C#N)c(N)c1. The topological polar surface area (TPSA) is 82.2 Å². The van der Waals surface area contributed by atoms with Crippen LogP contribution in [0.5, 0.6) is 0 Å². The summed E-state index contributed by atoms with van der Waals surface area (Å²) in [5.74, 6) is -0.241. The molecule has 0 fully saturated rings. The number of nitrogens with one attached hydrogen (secondary N) is 1. The Morgan fingerprint density at radius 2 is 2.28 bits per heavy atom. The van der Waals surface area contributed by atoms with Crippen molar-refractivity contribution in [3.63, 3.8) is 0 Å². The highest BCUT2D eigenvalue weighted by Crippen LogP contribution is 2.24. The summed E-state index contributed by atoms with van der Waals surface area (Å²) in [4.78, 5) is 13.4. The minimum Gasteiger partial charge on any atom is -0.397 e. The number of hydrogen-bond acceptors (Lipinski definition) is 4. The summed E-state index contributed by atoms with van der Waals surface area (Å²) >= 11 is 0. The second kappa shape index (κ2) is 5.92. The molecule has 1 rings (SSSR count). The summed E-state index contributed by atoms with van der Waals surface area (Å²) in [7, 11) is 3.45. The van der Waals surface area contributed by atoms with Crippen molar-refractivity contribution in [2.24, 2.45) is 5.92 Å². The van der Waals surface area contributed by atoms with Gasteiger partial charge in [0, 0.05) is 26.2 Å². The number of anilines is 2. The summed E-state index contributed by atoms with van der Waals surface area (Å²) in [6.45, 7) is 2.45. The number of carbonyl (C=O) groups is 1. The predicted molar refractivity (Wildman–Crippen MR) is 72.3 cm³/mol. The van der Waals surface area contributed by atoms with Crippen LogP contribution in [0.1, 0.15) is 17.3 Å². The highest BCUT2D eigenvalue weighted by Gasteiger charge is 2.11. The quantitative estimate of drug-likeness (QED) is 0.783. The molecule has 0 bridgehead atoms. The van der Waals surface area contributed by atoms with Crippen molar-refractivity contribution in [1.82, 2.24) is 5.32 Å². The smallest absolute Gasteiger partial charge is 0.251 e. The molecule has 0 heterocycles. The fourth-order valence-corrected chi connectivity index (χ4v) is 1.74. The van der Waals surface area contributed by atoms with Crippen molar-refractivity contribution in [3.8, 4) is 6.07 Å². The third kappa shape index (κ3) is 3.14. The highest BCUT2D eigenvalue weighted by atomic mass is 16.1. The van der Waals surface area contributed by atoms with Crippen molar-refractivity contribution in [1.29, 1.82) is 5.26 Å². The van der Waals surface area contributed by atoms with Gasteiger partial charge in [0.15, 0.2) is 0 Å². The Morgan fingerprint density at radius 3 is 2.78 bits per heavy atom. The van der Waals surface area contributed by atoms with Gasteiger partial charge in [-0.2, -0.15) is 5.26 Å². The third-order valence-electron chi connectivity index (χ3n) is 2.70. The molecular formula is C13H18N4O. The van der Waals surface area contributed by atoms with Crippen LogP contribution < -0.4 is 16.0 Å². The van der Waals surface area contributed by atoms with E-state index in [2.05, 4.69) is 11.4 Å². The van der Waals surface area contributed by atoms with Crippen LogP contribution in [0.3, 0.4) is 0 Å². The lowest BCUT2D eigenvalue weighted by Gasteiger charge is -2.22. The summed E-state index contributed by atoms with van der Waals surface area (Å²) in [5, 5.41) is 11.3. The Balaban J connectivity index is 2.92. The van der Waals surface area contributed by atoms with E-state index < -0.39 is 0 Å². The Bertz CT molecular complexity index is 478. The number of hydrogen-bond donors (Lipinski definition) is 2. The van der Waals surface area contributed by atoms with Gasteiger partial charge in [0.25, 0.3) is 5.91 Å². The maximum Gasteiger partial charge on any atom is 0.251 e. The summed E-state index contributed by atoms with van der Waals surface area (Å²) in [6.07, 6.45) is 0. The predicted octanol–water partition coefficient (Wildman–Crippen LogP) is 1.22. The second-order valence-electron chi connectivity index (χ2n) is 4.26. The molecule has 18 heavy (non-hydrogen) atoms. The second-order valence-corrected chi connectivity index (χ2v) is 4.26. The zero-order chi connectivity index (χ0) is 13.7. The van der Waals surface area contributed by atoms with Crippen LogP contribution in [-0.4, -0.2) is 26.5 Å². The first-order valence-electron chi connectivity index (χ1n) is 5.72. The zero-order valence-corrected chi connectivity index (χ0v) is 10.9. The Labute approximate surface area is 107 Å². The van der Waals surface area contributed by atoms with Crippen LogP contribution >= 0.6 is 0 Å². The molecule has 3 N–H and O–H groups in total. The van der Waals surface area contributed by atoms with Gasteiger partial charge in [-0.05, 0) is 25.1 Å². The largest absolute Gasteiger partial charge is 0.397 e. The molecule has 5 nitrogen and oxygen atoms in total. The molecule has 1 atom stereocenters. The van der Waals surface area contributed by atoms with Crippen molar-refractivity contribution >= 4 is 17.3 Å². The van der Waals surface area contributed by atoms with Gasteiger partial charge in [-0.25, -0.2) is 0 Å². The third-order valence-corrected chi connectivity index (χ3v) is 2.70. The number of benzene rings is 1. The minimum atomic E-state index is -0.165. The molecule has 5 heteroatoms. The molecule has 0 aliphatic heterocycles. The van der Waals surface area contributed by atoms with E-state index in [0.29, 0.717) is 17.8 Å². The van der Waals surface area contributed by atoms with E-state index >= 15 is 0 Å². The van der Waals surface area contributed by atoms with Gasteiger partial charge in [-0.1, -0.05) is 0 Å². The molecule has 0 aromatic heterocycles. The number of nitrogen functional groups attached to an aromatic ring is 1. The number of carbonyl (C=O) groups excluding carboxylic acids is 1. The van der Waals surface area contributed by atoms with E-state index in [1.54, 1.807) is 25.2 Å². The number of rotatable bonds is 4. The van der Waals surface area contributed by atoms with Crippen LogP contribution in [0.15, 0.2) is 18.2 Å². The number of nitrogens with two attached hydrogens (primary N) is 1. The van der Waals surface area contributed by atoms with E-state index in [1.807, 2.05) is 18.9 Å². The molecule has 0 radical (unpaired) electrons. The number of amides is 1. The average molecular weight is 246 g/mol. The van der Waals surface area contributed by atoms with Crippen LogP contribution in [0.25, 0.3) is 0 Å². The molecule has 1 aromatic rings. The molecule has 1 aromatic carbocycles. The average Bonchev–Trinajstić information content (AvgIpc) is 2.37. The molecule has 0 saturated heterocycles. The van der Waals surface area contributed by atoms with Crippen LogP contribution in [0.4, 0.5) is 11.4 Å².